The van der Waals surface area contributed by atoms with Gasteiger partial charge in [0.2, 0.25) is 5.88 Å². The smallest absolute Gasteiger partial charge is 0.268 e. The molecule has 0 amide bonds. The molecule has 11 heteroatoms. The van der Waals surface area contributed by atoms with E-state index in [2.05, 4.69) is 20.1 Å². The van der Waals surface area contributed by atoms with E-state index < -0.39 is 10.0 Å². The van der Waals surface area contributed by atoms with Crippen LogP contribution in [0, 0.1) is 6.92 Å². The van der Waals surface area contributed by atoms with Gasteiger partial charge in [-0.1, -0.05) is 28.9 Å². The monoisotopic (exact) mass is 503 g/mol. The summed E-state index contributed by atoms with van der Waals surface area (Å²) >= 11 is 0. The molecular weight excluding hydrogens is 482 g/mol. The molecule has 0 aliphatic heterocycles. The van der Waals surface area contributed by atoms with E-state index in [4.69, 9.17) is 9.47 Å². The average Bonchev–Trinajstić information content (AvgIpc) is 3.23. The number of ether oxygens (including phenoxy) is 2. The van der Waals surface area contributed by atoms with Crippen molar-refractivity contribution in [3.63, 3.8) is 0 Å². The highest BCUT2D eigenvalue weighted by atomic mass is 32.2. The van der Waals surface area contributed by atoms with Crippen LogP contribution >= 0.6 is 0 Å². The number of methoxy groups -OCH3 is 1. The summed E-state index contributed by atoms with van der Waals surface area (Å²) in [6.07, 6.45) is 7.09. The molecule has 10 nitrogen and oxygen atoms in total. The Balaban J connectivity index is 1.91. The van der Waals surface area contributed by atoms with Gasteiger partial charge in [0.25, 0.3) is 10.0 Å². The van der Waals surface area contributed by atoms with Crippen molar-refractivity contribution >= 4 is 38.0 Å². The molecule has 0 saturated heterocycles. The summed E-state index contributed by atoms with van der Waals surface area (Å²) in [6.45, 7) is 1.97. The van der Waals surface area contributed by atoms with Gasteiger partial charge in [-0.05, 0) is 31.2 Å². The van der Waals surface area contributed by atoms with E-state index in [1.807, 2.05) is 6.92 Å². The van der Waals surface area contributed by atoms with Crippen molar-refractivity contribution in [3.05, 3.63) is 84.1 Å². The van der Waals surface area contributed by atoms with Crippen LogP contribution in [0.25, 0.3) is 21.8 Å². The molecule has 3 heterocycles. The van der Waals surface area contributed by atoms with Crippen molar-refractivity contribution in [2.45, 2.75) is 18.4 Å². The minimum Gasteiger partial charge on any atom is -0.437 e. The maximum Gasteiger partial charge on any atom is 0.268 e. The summed E-state index contributed by atoms with van der Waals surface area (Å²) in [5.41, 5.74) is 2.50. The van der Waals surface area contributed by atoms with Crippen LogP contribution in [-0.4, -0.2) is 45.9 Å². The molecule has 0 aliphatic rings. The third-order valence-electron chi connectivity index (χ3n) is 5.67. The Kier molecular flexibility index (Phi) is 6.08. The van der Waals surface area contributed by atoms with Crippen LogP contribution in [0.2, 0.25) is 0 Å². The highest BCUT2D eigenvalue weighted by Gasteiger charge is 2.28. The molecule has 0 atom stereocenters. The van der Waals surface area contributed by atoms with Crippen molar-refractivity contribution in [3.8, 4) is 11.6 Å². The lowest BCUT2D eigenvalue weighted by atomic mass is 10.1. The second kappa shape index (κ2) is 9.36. The van der Waals surface area contributed by atoms with Crippen molar-refractivity contribution in [1.29, 1.82) is 0 Å². The van der Waals surface area contributed by atoms with Gasteiger partial charge in [0.15, 0.2) is 0 Å². The molecule has 0 aliphatic carbocycles. The van der Waals surface area contributed by atoms with E-state index in [1.165, 1.54) is 42.1 Å². The lowest BCUT2D eigenvalue weighted by Gasteiger charge is -2.10. The van der Waals surface area contributed by atoms with Gasteiger partial charge in [0.05, 0.1) is 52.2 Å². The highest BCUT2D eigenvalue weighted by molar-refractivity contribution is 7.90. The van der Waals surface area contributed by atoms with Crippen molar-refractivity contribution in [2.24, 2.45) is 5.16 Å². The molecular formula is C25H21N5O5S. The quantitative estimate of drug-likeness (QED) is 0.198. The molecule has 5 aromatic rings. The first-order chi connectivity index (χ1) is 17.5. The maximum atomic E-state index is 14.0. The summed E-state index contributed by atoms with van der Waals surface area (Å²) < 4.78 is 40.6. The minimum atomic E-state index is -4.04. The molecule has 0 saturated carbocycles. The molecule has 182 valence electrons. The molecule has 0 bridgehead atoms. The van der Waals surface area contributed by atoms with E-state index in [1.54, 1.807) is 42.5 Å². The van der Waals surface area contributed by atoms with Gasteiger partial charge in [0.1, 0.15) is 5.75 Å². The number of benzene rings is 2. The molecule has 0 fully saturated rings. The molecule has 0 radical (unpaired) electrons. The Morgan fingerprint density at radius 2 is 1.83 bits per heavy atom. The molecule has 2 aromatic carbocycles. The summed E-state index contributed by atoms with van der Waals surface area (Å²) in [4.78, 5) is 12.7. The van der Waals surface area contributed by atoms with Crippen LogP contribution in [0.1, 0.15) is 16.8 Å². The van der Waals surface area contributed by atoms with Gasteiger partial charge in [-0.2, -0.15) is 0 Å². The Bertz CT molecular complexity index is 1700. The number of hydrogen-bond acceptors (Lipinski definition) is 9. The Hall–Kier alpha value is -4.35. The normalized spacial score (nSPS) is 12.1. The lowest BCUT2D eigenvalue weighted by molar-refractivity contribution is 0.185. The lowest BCUT2D eigenvalue weighted by Crippen LogP contribution is -2.13. The van der Waals surface area contributed by atoms with Crippen LogP contribution in [0.5, 0.6) is 11.6 Å². The van der Waals surface area contributed by atoms with E-state index in [-0.39, 0.29) is 17.4 Å². The number of nitrogens with zero attached hydrogens (tertiary/aromatic N) is 5. The highest BCUT2D eigenvalue weighted by Crippen LogP contribution is 2.41. The number of rotatable bonds is 7. The second-order valence-corrected chi connectivity index (χ2v) is 9.72. The number of aryl methyl sites for hydroxylation is 1. The van der Waals surface area contributed by atoms with Crippen molar-refractivity contribution in [1.82, 2.24) is 18.9 Å². The fourth-order valence-electron chi connectivity index (χ4n) is 4.13. The second-order valence-electron chi connectivity index (χ2n) is 7.94. The Morgan fingerprint density at radius 1 is 1.03 bits per heavy atom. The Morgan fingerprint density at radius 3 is 2.53 bits per heavy atom. The minimum absolute atomic E-state index is 0.0782. The molecule has 0 spiro atoms. The summed E-state index contributed by atoms with van der Waals surface area (Å²) in [5.74, 6) is 0.609. The van der Waals surface area contributed by atoms with Gasteiger partial charge in [-0.15, -0.1) is 0 Å². The zero-order valence-corrected chi connectivity index (χ0v) is 20.2. The molecule has 36 heavy (non-hydrogen) atoms. The first kappa shape index (κ1) is 23.4. The Labute approximate surface area is 206 Å². The first-order valence-corrected chi connectivity index (χ1v) is 12.3. The number of aromatic nitrogens is 4. The zero-order chi connectivity index (χ0) is 25.3. The first-order valence-electron chi connectivity index (χ1n) is 10.8. The topological polar surface area (TPSA) is 129 Å². The maximum absolute atomic E-state index is 14.0. The number of oxime groups is 1. The molecule has 5 rings (SSSR count). The van der Waals surface area contributed by atoms with Gasteiger partial charge >= 0.3 is 0 Å². The molecule has 1 N–H and O–H groups in total. The summed E-state index contributed by atoms with van der Waals surface area (Å²) in [5, 5.41) is 13.4. The number of pyridine rings is 1. The number of hydrogen-bond donors (Lipinski definition) is 1. The van der Waals surface area contributed by atoms with Gasteiger partial charge in [-0.3, -0.25) is 9.97 Å². The van der Waals surface area contributed by atoms with Crippen LogP contribution in [0.15, 0.2) is 77.3 Å². The fourth-order valence-corrected chi connectivity index (χ4v) is 5.62. The summed E-state index contributed by atoms with van der Waals surface area (Å²) in [6, 6.07) is 11.7. The van der Waals surface area contributed by atoms with E-state index in [0.717, 1.165) is 5.56 Å². The third-order valence-corrected chi connectivity index (χ3v) is 7.41. The largest absolute Gasteiger partial charge is 0.437 e. The van der Waals surface area contributed by atoms with Gasteiger partial charge in [-0.25, -0.2) is 17.4 Å². The summed E-state index contributed by atoms with van der Waals surface area (Å²) in [7, 11) is -2.53. The molecule has 3 aromatic heterocycles. The van der Waals surface area contributed by atoms with Crippen LogP contribution < -0.4 is 4.74 Å². The standard InChI is InChI=1S/C25H21N5O5S/c1-16-6-8-17(9-7-16)36(32,33)30-20-4-3-5-22(35-23-14-26-10-11-27-23)25(20)24-18(15-34-2)19(12-29-31)28-13-21(24)30/h3-14,31H,15H2,1-2H3/b29-12+. The predicted octanol–water partition coefficient (Wildman–Crippen LogP) is 4.27. The molecule has 0 unspecified atom stereocenters. The van der Waals surface area contributed by atoms with Crippen LogP contribution in [-0.2, 0) is 21.4 Å². The van der Waals surface area contributed by atoms with Gasteiger partial charge in [0, 0.05) is 30.5 Å². The van der Waals surface area contributed by atoms with Crippen molar-refractivity contribution < 1.29 is 23.1 Å². The van der Waals surface area contributed by atoms with E-state index in [0.29, 0.717) is 38.8 Å². The van der Waals surface area contributed by atoms with E-state index >= 15 is 0 Å². The zero-order valence-electron chi connectivity index (χ0n) is 19.4. The van der Waals surface area contributed by atoms with Crippen LogP contribution in [0.4, 0.5) is 0 Å². The third kappa shape index (κ3) is 3.93. The number of fused-ring (bicyclic) bond motifs is 3. The fraction of sp³-hybridized carbons (Fsp3) is 0.120. The van der Waals surface area contributed by atoms with Crippen LogP contribution in [0.3, 0.4) is 0 Å². The predicted molar refractivity (Wildman–Crippen MR) is 133 cm³/mol. The van der Waals surface area contributed by atoms with E-state index in [9.17, 15) is 13.6 Å². The van der Waals surface area contributed by atoms with Gasteiger partial charge < -0.3 is 14.7 Å². The SMILES string of the molecule is COCc1c(/C=N/O)ncc2c1c1c(Oc3cnccn3)cccc1n2S(=O)(=O)c1ccc(C)cc1. The van der Waals surface area contributed by atoms with Crippen molar-refractivity contribution in [2.75, 3.05) is 7.11 Å². The average molecular weight is 504 g/mol.